The van der Waals surface area contributed by atoms with Gasteiger partial charge in [0, 0.05) is 5.71 Å². The van der Waals surface area contributed by atoms with Gasteiger partial charge in [0.15, 0.2) is 0 Å². The van der Waals surface area contributed by atoms with Gasteiger partial charge in [-0.25, -0.2) is 0 Å². The molecule has 0 amide bonds. The normalized spacial score (nSPS) is 12.7. The molecule has 0 aliphatic rings. The molecule has 1 aromatic carbocycles. The molecule has 0 bridgehead atoms. The molecule has 0 radical (unpaired) electrons. The Hall–Kier alpha value is -1.70. The molecule has 1 aromatic rings. The van der Waals surface area contributed by atoms with Crippen LogP contribution >= 0.6 is 0 Å². The summed E-state index contributed by atoms with van der Waals surface area (Å²) >= 11 is 0. The molecule has 0 saturated heterocycles. The summed E-state index contributed by atoms with van der Waals surface area (Å²) in [5, 5.41) is 0. The van der Waals surface area contributed by atoms with Crippen LogP contribution in [0.5, 0.6) is 0 Å². The molecule has 2 heteroatoms. The van der Waals surface area contributed by atoms with Gasteiger partial charge < -0.3 is 0 Å². The first-order valence-electron chi connectivity index (χ1n) is 5.02. The number of hydrogen-bond acceptors (Lipinski definition) is 2. The second kappa shape index (κ2) is 5.91. The van der Waals surface area contributed by atoms with Crippen molar-refractivity contribution in [1.82, 2.24) is 0 Å². The van der Waals surface area contributed by atoms with E-state index in [1.165, 1.54) is 0 Å². The lowest BCUT2D eigenvalue weighted by atomic mass is 10.2. The second-order valence-electron chi connectivity index (χ2n) is 3.30. The molecule has 0 heterocycles. The molecule has 2 nitrogen and oxygen atoms in total. The van der Waals surface area contributed by atoms with Crippen LogP contribution in [-0.4, -0.2) is 12.0 Å². The van der Waals surface area contributed by atoms with E-state index in [-0.39, 0.29) is 0 Å². The lowest BCUT2D eigenvalue weighted by molar-refractivity contribution is -0.104. The van der Waals surface area contributed by atoms with Crippen LogP contribution in [0.15, 0.2) is 47.0 Å². The molecule has 0 aliphatic carbocycles. The topological polar surface area (TPSA) is 29.4 Å². The molecule has 0 unspecified atom stereocenters. The highest BCUT2D eigenvalue weighted by Crippen LogP contribution is 2.11. The minimum atomic E-state index is 0.700. The van der Waals surface area contributed by atoms with Crippen LogP contribution < -0.4 is 0 Å². The van der Waals surface area contributed by atoms with Crippen molar-refractivity contribution in [2.75, 3.05) is 0 Å². The van der Waals surface area contributed by atoms with Crippen molar-refractivity contribution >= 4 is 17.7 Å². The first kappa shape index (κ1) is 11.4. The Kier molecular flexibility index (Phi) is 4.48. The standard InChI is InChI=1S/C13H15NO/c1-3-12(9-11(2)10-15)14-13-7-5-4-6-8-13/h4-10H,3H2,1-2H3/b11-9+,14-12?. The van der Waals surface area contributed by atoms with Crippen molar-refractivity contribution in [3.8, 4) is 0 Å². The molecule has 0 N–H and O–H groups in total. The molecule has 1 rings (SSSR count). The fourth-order valence-electron chi connectivity index (χ4n) is 1.18. The van der Waals surface area contributed by atoms with Gasteiger partial charge in [0.25, 0.3) is 0 Å². The van der Waals surface area contributed by atoms with Gasteiger partial charge in [-0.2, -0.15) is 0 Å². The minimum absolute atomic E-state index is 0.700. The van der Waals surface area contributed by atoms with Crippen LogP contribution in [0.25, 0.3) is 0 Å². The summed E-state index contributed by atoms with van der Waals surface area (Å²) in [5.74, 6) is 0. The Morgan fingerprint density at radius 3 is 2.53 bits per heavy atom. The number of aldehydes is 1. The molecule has 0 saturated carbocycles. The average molecular weight is 201 g/mol. The van der Waals surface area contributed by atoms with Gasteiger partial charge in [0.05, 0.1) is 5.69 Å². The van der Waals surface area contributed by atoms with Crippen molar-refractivity contribution in [2.24, 2.45) is 4.99 Å². The monoisotopic (exact) mass is 201 g/mol. The molecular weight excluding hydrogens is 186 g/mol. The van der Waals surface area contributed by atoms with E-state index < -0.39 is 0 Å². The maximum Gasteiger partial charge on any atom is 0.145 e. The van der Waals surface area contributed by atoms with Crippen LogP contribution in [0.2, 0.25) is 0 Å². The van der Waals surface area contributed by atoms with Crippen LogP contribution in [0.4, 0.5) is 5.69 Å². The van der Waals surface area contributed by atoms with Crippen LogP contribution in [0.1, 0.15) is 20.3 Å². The number of benzene rings is 1. The van der Waals surface area contributed by atoms with Gasteiger partial charge in [0.1, 0.15) is 6.29 Å². The number of carbonyl (C=O) groups is 1. The predicted molar refractivity (Wildman–Crippen MR) is 63.6 cm³/mol. The third-order valence-electron chi connectivity index (χ3n) is 1.97. The average Bonchev–Trinajstić information content (AvgIpc) is 2.29. The highest BCUT2D eigenvalue weighted by atomic mass is 16.1. The lowest BCUT2D eigenvalue weighted by Gasteiger charge is -1.98. The zero-order valence-corrected chi connectivity index (χ0v) is 9.10. The molecule has 0 aliphatic heterocycles. The fourth-order valence-corrected chi connectivity index (χ4v) is 1.18. The van der Waals surface area contributed by atoms with Gasteiger partial charge in [-0.3, -0.25) is 9.79 Å². The Labute approximate surface area is 90.4 Å². The number of allylic oxidation sites excluding steroid dienone is 2. The van der Waals surface area contributed by atoms with Gasteiger partial charge >= 0.3 is 0 Å². The van der Waals surface area contributed by atoms with Gasteiger partial charge in [-0.15, -0.1) is 0 Å². The van der Waals surface area contributed by atoms with Crippen molar-refractivity contribution in [1.29, 1.82) is 0 Å². The van der Waals surface area contributed by atoms with Crippen LogP contribution in [-0.2, 0) is 4.79 Å². The predicted octanol–water partition coefficient (Wildman–Crippen LogP) is 3.31. The summed E-state index contributed by atoms with van der Waals surface area (Å²) in [5.41, 5.74) is 2.54. The van der Waals surface area contributed by atoms with Gasteiger partial charge in [-0.05, 0) is 37.1 Å². The van der Waals surface area contributed by atoms with E-state index in [0.29, 0.717) is 5.57 Å². The Balaban J connectivity index is 2.93. The Morgan fingerprint density at radius 1 is 1.33 bits per heavy atom. The maximum absolute atomic E-state index is 10.5. The molecule has 0 aromatic heterocycles. The summed E-state index contributed by atoms with van der Waals surface area (Å²) in [6.45, 7) is 3.81. The van der Waals surface area contributed by atoms with Crippen molar-refractivity contribution in [2.45, 2.75) is 20.3 Å². The SMILES string of the molecule is CCC(/C=C(\C)C=O)=Nc1ccccc1. The third kappa shape index (κ3) is 3.90. The van der Waals surface area contributed by atoms with Crippen molar-refractivity contribution in [3.63, 3.8) is 0 Å². The first-order valence-corrected chi connectivity index (χ1v) is 5.02. The number of hydrogen-bond donors (Lipinski definition) is 0. The lowest BCUT2D eigenvalue weighted by Crippen LogP contribution is -1.92. The third-order valence-corrected chi connectivity index (χ3v) is 1.97. The largest absolute Gasteiger partial charge is 0.298 e. The minimum Gasteiger partial charge on any atom is -0.298 e. The van der Waals surface area contributed by atoms with Crippen LogP contribution in [0.3, 0.4) is 0 Å². The summed E-state index contributed by atoms with van der Waals surface area (Å²) in [6, 6.07) is 9.74. The van der Waals surface area contributed by atoms with E-state index in [1.54, 1.807) is 6.92 Å². The number of carbonyl (C=O) groups excluding carboxylic acids is 1. The number of aliphatic imine (C=N–C) groups is 1. The maximum atomic E-state index is 10.5. The summed E-state index contributed by atoms with van der Waals surface area (Å²) in [4.78, 5) is 14.9. The molecule has 15 heavy (non-hydrogen) atoms. The molecule has 0 spiro atoms. The number of rotatable bonds is 4. The van der Waals surface area contributed by atoms with Gasteiger partial charge in [-0.1, -0.05) is 25.1 Å². The van der Waals surface area contributed by atoms with Crippen molar-refractivity contribution < 1.29 is 4.79 Å². The molecule has 0 atom stereocenters. The molecule has 78 valence electrons. The second-order valence-corrected chi connectivity index (χ2v) is 3.30. The highest BCUT2D eigenvalue weighted by Gasteiger charge is 1.94. The zero-order chi connectivity index (χ0) is 11.1. The fraction of sp³-hybridized carbons (Fsp3) is 0.231. The van der Waals surface area contributed by atoms with E-state index >= 15 is 0 Å². The smallest absolute Gasteiger partial charge is 0.145 e. The Bertz CT molecular complexity index is 377. The summed E-state index contributed by atoms with van der Waals surface area (Å²) < 4.78 is 0. The summed E-state index contributed by atoms with van der Waals surface area (Å²) in [6.07, 6.45) is 3.48. The Morgan fingerprint density at radius 2 is 2.00 bits per heavy atom. The quantitative estimate of drug-likeness (QED) is 0.417. The highest BCUT2D eigenvalue weighted by molar-refractivity contribution is 6.00. The van der Waals surface area contributed by atoms with E-state index in [4.69, 9.17) is 0 Å². The zero-order valence-electron chi connectivity index (χ0n) is 9.10. The van der Waals surface area contributed by atoms with Crippen LogP contribution in [0, 0.1) is 0 Å². The molecular formula is C13H15NO. The van der Waals surface area contributed by atoms with Gasteiger partial charge in [0.2, 0.25) is 0 Å². The first-order chi connectivity index (χ1) is 7.26. The van der Waals surface area contributed by atoms with E-state index in [9.17, 15) is 4.79 Å². The van der Waals surface area contributed by atoms with Crippen molar-refractivity contribution in [3.05, 3.63) is 42.0 Å². The number of nitrogens with zero attached hydrogens (tertiary/aromatic N) is 1. The van der Waals surface area contributed by atoms with E-state index in [0.717, 1.165) is 24.1 Å². The molecule has 0 fully saturated rings. The van der Waals surface area contributed by atoms with E-state index in [2.05, 4.69) is 4.99 Å². The summed E-state index contributed by atoms with van der Waals surface area (Å²) in [7, 11) is 0. The number of para-hydroxylation sites is 1. The van der Waals surface area contributed by atoms with E-state index in [1.807, 2.05) is 43.3 Å².